The van der Waals surface area contributed by atoms with Gasteiger partial charge in [0.15, 0.2) is 0 Å². The second-order valence-corrected chi connectivity index (χ2v) is 5.19. The SMILES string of the molecule is CCCCN(CCCl)C(=O)c1cnc(C)s1. The third-order valence-electron chi connectivity index (χ3n) is 2.26. The normalized spacial score (nSPS) is 10.4. The molecule has 0 aliphatic heterocycles. The third kappa shape index (κ3) is 3.76. The highest BCUT2D eigenvalue weighted by Crippen LogP contribution is 2.14. The topological polar surface area (TPSA) is 33.2 Å². The van der Waals surface area contributed by atoms with Crippen molar-refractivity contribution in [2.75, 3.05) is 19.0 Å². The Morgan fingerprint density at radius 1 is 1.56 bits per heavy atom. The van der Waals surface area contributed by atoms with Crippen molar-refractivity contribution < 1.29 is 4.79 Å². The van der Waals surface area contributed by atoms with Crippen LogP contribution < -0.4 is 0 Å². The summed E-state index contributed by atoms with van der Waals surface area (Å²) < 4.78 is 0. The molecule has 1 heterocycles. The molecule has 0 aliphatic carbocycles. The molecule has 0 atom stereocenters. The molecule has 0 fully saturated rings. The number of thiazole rings is 1. The fourth-order valence-electron chi connectivity index (χ4n) is 1.38. The molecular weight excluding hydrogens is 244 g/mol. The average Bonchev–Trinajstić information content (AvgIpc) is 2.70. The molecule has 0 saturated heterocycles. The standard InChI is InChI=1S/C11H17ClN2OS/c1-3-4-6-14(7-5-12)11(15)10-8-13-9(2)16-10/h8H,3-7H2,1-2H3. The van der Waals surface area contributed by atoms with Gasteiger partial charge in [-0.05, 0) is 13.3 Å². The molecule has 0 bridgehead atoms. The van der Waals surface area contributed by atoms with E-state index in [1.54, 1.807) is 6.20 Å². The van der Waals surface area contributed by atoms with Crippen LogP contribution in [0.25, 0.3) is 0 Å². The number of aryl methyl sites for hydroxylation is 1. The van der Waals surface area contributed by atoms with Crippen molar-refractivity contribution >= 4 is 28.8 Å². The van der Waals surface area contributed by atoms with Crippen LogP contribution in [0.4, 0.5) is 0 Å². The number of amides is 1. The lowest BCUT2D eigenvalue weighted by molar-refractivity contribution is 0.0768. The van der Waals surface area contributed by atoms with Gasteiger partial charge in [0.25, 0.3) is 5.91 Å². The molecule has 1 rings (SSSR count). The number of carbonyl (C=O) groups excluding carboxylic acids is 1. The lowest BCUT2D eigenvalue weighted by Gasteiger charge is -2.20. The van der Waals surface area contributed by atoms with Crippen LogP contribution in [0.15, 0.2) is 6.20 Å². The first-order chi connectivity index (χ1) is 7.69. The summed E-state index contributed by atoms with van der Waals surface area (Å²) in [5.74, 6) is 0.535. The fourth-order valence-corrected chi connectivity index (χ4v) is 2.33. The molecule has 0 spiro atoms. The van der Waals surface area contributed by atoms with Gasteiger partial charge in [0.05, 0.1) is 11.2 Å². The van der Waals surface area contributed by atoms with E-state index in [2.05, 4.69) is 11.9 Å². The zero-order valence-electron chi connectivity index (χ0n) is 9.70. The number of alkyl halides is 1. The Kier molecular flexibility index (Phi) is 5.77. The lowest BCUT2D eigenvalue weighted by atomic mass is 10.3. The lowest BCUT2D eigenvalue weighted by Crippen LogP contribution is -2.33. The molecule has 1 aromatic heterocycles. The molecule has 0 unspecified atom stereocenters. The van der Waals surface area contributed by atoms with E-state index in [1.165, 1.54) is 11.3 Å². The highest BCUT2D eigenvalue weighted by molar-refractivity contribution is 7.13. The Bertz CT molecular complexity index is 340. The van der Waals surface area contributed by atoms with Crippen molar-refractivity contribution in [3.8, 4) is 0 Å². The van der Waals surface area contributed by atoms with Gasteiger partial charge in [0.2, 0.25) is 0 Å². The van der Waals surface area contributed by atoms with Crippen LogP contribution in [0.3, 0.4) is 0 Å². The van der Waals surface area contributed by atoms with Crippen molar-refractivity contribution in [1.82, 2.24) is 9.88 Å². The van der Waals surface area contributed by atoms with E-state index in [9.17, 15) is 4.79 Å². The van der Waals surface area contributed by atoms with Crippen LogP contribution in [-0.2, 0) is 0 Å². The van der Waals surface area contributed by atoms with Gasteiger partial charge in [-0.25, -0.2) is 4.98 Å². The summed E-state index contributed by atoms with van der Waals surface area (Å²) in [4.78, 5) is 18.7. The van der Waals surface area contributed by atoms with Gasteiger partial charge in [-0.1, -0.05) is 13.3 Å². The van der Waals surface area contributed by atoms with Gasteiger partial charge < -0.3 is 4.90 Å². The van der Waals surface area contributed by atoms with E-state index in [1.807, 2.05) is 11.8 Å². The molecular formula is C11H17ClN2OS. The number of hydrogen-bond donors (Lipinski definition) is 0. The quantitative estimate of drug-likeness (QED) is 0.737. The van der Waals surface area contributed by atoms with E-state index in [0.29, 0.717) is 17.3 Å². The van der Waals surface area contributed by atoms with Crippen LogP contribution in [0.5, 0.6) is 0 Å². The van der Waals surface area contributed by atoms with Gasteiger partial charge in [-0.2, -0.15) is 0 Å². The molecule has 90 valence electrons. The highest BCUT2D eigenvalue weighted by Gasteiger charge is 2.16. The van der Waals surface area contributed by atoms with Gasteiger partial charge in [0, 0.05) is 19.0 Å². The van der Waals surface area contributed by atoms with E-state index >= 15 is 0 Å². The molecule has 0 aliphatic rings. The van der Waals surface area contributed by atoms with Gasteiger partial charge in [-0.3, -0.25) is 4.79 Å². The van der Waals surface area contributed by atoms with E-state index in [0.717, 1.165) is 24.4 Å². The second-order valence-electron chi connectivity index (χ2n) is 3.58. The Labute approximate surface area is 105 Å². The van der Waals surface area contributed by atoms with Crippen molar-refractivity contribution in [3.05, 3.63) is 16.1 Å². The molecule has 1 amide bonds. The maximum absolute atomic E-state index is 12.1. The van der Waals surface area contributed by atoms with Crippen molar-refractivity contribution in [3.63, 3.8) is 0 Å². The predicted octanol–water partition coefficient (Wildman–Crippen LogP) is 2.93. The number of hydrogen-bond acceptors (Lipinski definition) is 3. The minimum Gasteiger partial charge on any atom is -0.337 e. The van der Waals surface area contributed by atoms with Crippen LogP contribution in [0.1, 0.15) is 34.4 Å². The summed E-state index contributed by atoms with van der Waals surface area (Å²) in [6.07, 6.45) is 3.74. The van der Waals surface area contributed by atoms with E-state index in [4.69, 9.17) is 11.6 Å². The number of unbranched alkanes of at least 4 members (excludes halogenated alkanes) is 1. The molecule has 0 aromatic carbocycles. The molecule has 0 radical (unpaired) electrons. The first kappa shape index (κ1) is 13.5. The first-order valence-electron chi connectivity index (χ1n) is 5.46. The second kappa shape index (κ2) is 6.86. The van der Waals surface area contributed by atoms with Crippen LogP contribution in [0.2, 0.25) is 0 Å². The minimum absolute atomic E-state index is 0.0553. The van der Waals surface area contributed by atoms with E-state index in [-0.39, 0.29) is 5.91 Å². The molecule has 5 heteroatoms. The van der Waals surface area contributed by atoms with Crippen molar-refractivity contribution in [2.45, 2.75) is 26.7 Å². The monoisotopic (exact) mass is 260 g/mol. The maximum atomic E-state index is 12.1. The number of nitrogens with zero attached hydrogens (tertiary/aromatic N) is 2. The summed E-state index contributed by atoms with van der Waals surface area (Å²) in [6.45, 7) is 5.40. The zero-order valence-corrected chi connectivity index (χ0v) is 11.3. The summed E-state index contributed by atoms with van der Waals surface area (Å²) in [6, 6.07) is 0. The van der Waals surface area contributed by atoms with Crippen LogP contribution >= 0.6 is 22.9 Å². The minimum atomic E-state index is 0.0553. The predicted molar refractivity (Wildman–Crippen MR) is 68.4 cm³/mol. The van der Waals surface area contributed by atoms with Crippen molar-refractivity contribution in [2.24, 2.45) is 0 Å². The number of aromatic nitrogens is 1. The Hall–Kier alpha value is -0.610. The van der Waals surface area contributed by atoms with Crippen molar-refractivity contribution in [1.29, 1.82) is 0 Å². The average molecular weight is 261 g/mol. The zero-order chi connectivity index (χ0) is 12.0. The van der Waals surface area contributed by atoms with Crippen LogP contribution in [-0.4, -0.2) is 34.8 Å². The Morgan fingerprint density at radius 3 is 2.81 bits per heavy atom. The Morgan fingerprint density at radius 2 is 2.31 bits per heavy atom. The van der Waals surface area contributed by atoms with E-state index < -0.39 is 0 Å². The molecule has 0 N–H and O–H groups in total. The third-order valence-corrected chi connectivity index (χ3v) is 3.33. The summed E-state index contributed by atoms with van der Waals surface area (Å²) in [7, 11) is 0. The van der Waals surface area contributed by atoms with Crippen LogP contribution in [0, 0.1) is 6.92 Å². The van der Waals surface area contributed by atoms with Gasteiger partial charge >= 0.3 is 0 Å². The number of halogens is 1. The summed E-state index contributed by atoms with van der Waals surface area (Å²) >= 11 is 7.14. The summed E-state index contributed by atoms with van der Waals surface area (Å²) in [5, 5.41) is 0.921. The molecule has 3 nitrogen and oxygen atoms in total. The molecule has 1 aromatic rings. The smallest absolute Gasteiger partial charge is 0.265 e. The Balaban J connectivity index is 2.66. The highest BCUT2D eigenvalue weighted by atomic mass is 35.5. The number of carbonyl (C=O) groups is 1. The first-order valence-corrected chi connectivity index (χ1v) is 6.81. The molecule has 16 heavy (non-hydrogen) atoms. The summed E-state index contributed by atoms with van der Waals surface area (Å²) in [5.41, 5.74) is 0. The largest absolute Gasteiger partial charge is 0.337 e. The maximum Gasteiger partial charge on any atom is 0.265 e. The fraction of sp³-hybridized carbons (Fsp3) is 0.636. The van der Waals surface area contributed by atoms with Gasteiger partial charge in [0.1, 0.15) is 4.88 Å². The molecule has 0 saturated carbocycles. The number of rotatable bonds is 6. The van der Waals surface area contributed by atoms with Gasteiger partial charge in [-0.15, -0.1) is 22.9 Å².